The van der Waals surface area contributed by atoms with E-state index in [-0.39, 0.29) is 18.1 Å². The molecule has 6 heteroatoms. The average Bonchev–Trinajstić information content (AvgIpc) is 2.42. The standard InChI is InChI=1S/C13H18N2O4/c1-3-6-15-12(16)8-19-13(17)10-7-9(14)4-5-11(10)18-2/h4-5,7H,3,6,8,14H2,1-2H3,(H,15,16). The lowest BCUT2D eigenvalue weighted by Gasteiger charge is -2.09. The van der Waals surface area contributed by atoms with Gasteiger partial charge in [-0.1, -0.05) is 6.92 Å². The van der Waals surface area contributed by atoms with Gasteiger partial charge in [-0.25, -0.2) is 4.79 Å². The Kier molecular flexibility index (Phi) is 5.66. The molecule has 1 rings (SSSR count). The maximum Gasteiger partial charge on any atom is 0.342 e. The molecule has 0 unspecified atom stereocenters. The summed E-state index contributed by atoms with van der Waals surface area (Å²) < 4.78 is 9.93. The molecule has 0 radical (unpaired) electrons. The number of ether oxygens (including phenoxy) is 2. The molecule has 1 amide bonds. The predicted molar refractivity (Wildman–Crippen MR) is 71.0 cm³/mol. The van der Waals surface area contributed by atoms with Gasteiger partial charge >= 0.3 is 5.97 Å². The van der Waals surface area contributed by atoms with Gasteiger partial charge in [0.25, 0.3) is 5.91 Å². The van der Waals surface area contributed by atoms with Gasteiger partial charge in [-0.15, -0.1) is 0 Å². The Labute approximate surface area is 111 Å². The normalized spacial score (nSPS) is 9.79. The molecule has 104 valence electrons. The van der Waals surface area contributed by atoms with Crippen LogP contribution in [0.5, 0.6) is 5.75 Å². The summed E-state index contributed by atoms with van der Waals surface area (Å²) in [4.78, 5) is 23.1. The van der Waals surface area contributed by atoms with E-state index in [2.05, 4.69) is 5.32 Å². The minimum atomic E-state index is -0.643. The summed E-state index contributed by atoms with van der Waals surface area (Å²) >= 11 is 0. The smallest absolute Gasteiger partial charge is 0.342 e. The molecule has 0 aliphatic heterocycles. The van der Waals surface area contributed by atoms with Crippen molar-refractivity contribution in [1.29, 1.82) is 0 Å². The third-order valence-corrected chi connectivity index (χ3v) is 2.35. The Morgan fingerprint density at radius 1 is 1.37 bits per heavy atom. The van der Waals surface area contributed by atoms with Gasteiger partial charge in [0, 0.05) is 12.2 Å². The van der Waals surface area contributed by atoms with Crippen LogP contribution in [0, 0.1) is 0 Å². The molecule has 19 heavy (non-hydrogen) atoms. The molecule has 0 saturated heterocycles. The molecule has 6 nitrogen and oxygen atoms in total. The summed E-state index contributed by atoms with van der Waals surface area (Å²) in [5, 5.41) is 2.61. The van der Waals surface area contributed by atoms with Gasteiger partial charge in [0.15, 0.2) is 6.61 Å². The number of esters is 1. The highest BCUT2D eigenvalue weighted by Crippen LogP contribution is 2.21. The van der Waals surface area contributed by atoms with Gasteiger partial charge in [0.05, 0.1) is 7.11 Å². The predicted octanol–water partition coefficient (Wildman–Crippen LogP) is 0.960. The number of nitrogen functional groups attached to an aromatic ring is 1. The van der Waals surface area contributed by atoms with E-state index in [9.17, 15) is 9.59 Å². The third kappa shape index (κ3) is 4.50. The molecule has 0 aliphatic carbocycles. The molecule has 0 saturated carbocycles. The van der Waals surface area contributed by atoms with Crippen LogP contribution in [0.15, 0.2) is 18.2 Å². The molecule has 0 atom stereocenters. The number of nitrogens with one attached hydrogen (secondary N) is 1. The molecule has 1 aromatic rings. The zero-order valence-electron chi connectivity index (χ0n) is 11.1. The van der Waals surface area contributed by atoms with Crippen molar-refractivity contribution in [1.82, 2.24) is 5.32 Å². The fourth-order valence-electron chi connectivity index (χ4n) is 1.41. The van der Waals surface area contributed by atoms with Crippen LogP contribution < -0.4 is 15.8 Å². The Bertz CT molecular complexity index is 460. The maximum absolute atomic E-state index is 11.8. The number of methoxy groups -OCH3 is 1. The molecule has 0 bridgehead atoms. The molecular formula is C13H18N2O4. The Balaban J connectivity index is 2.63. The summed E-state index contributed by atoms with van der Waals surface area (Å²) in [5.41, 5.74) is 6.22. The van der Waals surface area contributed by atoms with E-state index in [0.717, 1.165) is 6.42 Å². The molecular weight excluding hydrogens is 248 g/mol. The van der Waals surface area contributed by atoms with Gasteiger partial charge in [-0.3, -0.25) is 4.79 Å². The monoisotopic (exact) mass is 266 g/mol. The highest BCUT2D eigenvalue weighted by molar-refractivity contribution is 5.94. The van der Waals surface area contributed by atoms with Crippen molar-refractivity contribution in [2.45, 2.75) is 13.3 Å². The first-order valence-electron chi connectivity index (χ1n) is 5.95. The van der Waals surface area contributed by atoms with E-state index in [4.69, 9.17) is 15.2 Å². The zero-order chi connectivity index (χ0) is 14.3. The maximum atomic E-state index is 11.8. The molecule has 0 aromatic heterocycles. The van der Waals surface area contributed by atoms with E-state index in [0.29, 0.717) is 18.0 Å². The number of nitrogens with two attached hydrogens (primary N) is 1. The Morgan fingerprint density at radius 3 is 2.74 bits per heavy atom. The first-order valence-corrected chi connectivity index (χ1v) is 5.95. The highest BCUT2D eigenvalue weighted by Gasteiger charge is 2.15. The second-order valence-corrected chi connectivity index (χ2v) is 3.89. The molecule has 0 aliphatic rings. The fourth-order valence-corrected chi connectivity index (χ4v) is 1.41. The summed E-state index contributed by atoms with van der Waals surface area (Å²) in [6.07, 6.45) is 0.822. The molecule has 0 heterocycles. The number of carbonyl (C=O) groups excluding carboxylic acids is 2. The van der Waals surface area contributed by atoms with Gasteiger partial charge in [0.2, 0.25) is 0 Å². The third-order valence-electron chi connectivity index (χ3n) is 2.35. The number of rotatable bonds is 6. The van der Waals surface area contributed by atoms with Gasteiger partial charge in [-0.2, -0.15) is 0 Å². The van der Waals surface area contributed by atoms with Crippen LogP contribution in [0.4, 0.5) is 5.69 Å². The Hall–Kier alpha value is -2.24. The first-order chi connectivity index (χ1) is 9.08. The molecule has 1 aromatic carbocycles. The van der Waals surface area contributed by atoms with Crippen LogP contribution in [0.3, 0.4) is 0 Å². The number of hydrogen-bond donors (Lipinski definition) is 2. The molecule has 0 fully saturated rings. The number of amides is 1. The fraction of sp³-hybridized carbons (Fsp3) is 0.385. The Morgan fingerprint density at radius 2 is 2.11 bits per heavy atom. The summed E-state index contributed by atoms with van der Waals surface area (Å²) in [6, 6.07) is 4.64. The van der Waals surface area contributed by atoms with Crippen LogP contribution in [0.25, 0.3) is 0 Å². The lowest BCUT2D eigenvalue weighted by atomic mass is 10.2. The minimum absolute atomic E-state index is 0.200. The van der Waals surface area contributed by atoms with E-state index >= 15 is 0 Å². The second-order valence-electron chi connectivity index (χ2n) is 3.89. The molecule has 0 spiro atoms. The van der Waals surface area contributed by atoms with E-state index in [1.165, 1.54) is 13.2 Å². The van der Waals surface area contributed by atoms with Crippen LogP contribution >= 0.6 is 0 Å². The highest BCUT2D eigenvalue weighted by atomic mass is 16.5. The van der Waals surface area contributed by atoms with Gasteiger partial charge in [0.1, 0.15) is 11.3 Å². The van der Waals surface area contributed by atoms with Gasteiger partial charge < -0.3 is 20.5 Å². The average molecular weight is 266 g/mol. The number of carbonyl (C=O) groups is 2. The lowest BCUT2D eigenvalue weighted by molar-refractivity contribution is -0.124. The molecule has 3 N–H and O–H groups in total. The van der Waals surface area contributed by atoms with E-state index in [1.54, 1.807) is 12.1 Å². The quantitative estimate of drug-likeness (QED) is 0.591. The van der Waals surface area contributed by atoms with Crippen molar-refractivity contribution in [3.05, 3.63) is 23.8 Å². The van der Waals surface area contributed by atoms with Crippen molar-refractivity contribution >= 4 is 17.6 Å². The van der Waals surface area contributed by atoms with E-state index in [1.807, 2.05) is 6.92 Å². The summed E-state index contributed by atoms with van der Waals surface area (Å²) in [6.45, 7) is 2.17. The largest absolute Gasteiger partial charge is 0.496 e. The van der Waals surface area contributed by atoms with Crippen molar-refractivity contribution < 1.29 is 19.1 Å². The second kappa shape index (κ2) is 7.25. The van der Waals surface area contributed by atoms with Crippen LogP contribution in [0.1, 0.15) is 23.7 Å². The minimum Gasteiger partial charge on any atom is -0.496 e. The zero-order valence-corrected chi connectivity index (χ0v) is 11.1. The van der Waals surface area contributed by atoms with Crippen molar-refractivity contribution in [2.24, 2.45) is 0 Å². The van der Waals surface area contributed by atoms with Crippen LogP contribution in [0.2, 0.25) is 0 Å². The summed E-state index contributed by atoms with van der Waals surface area (Å²) in [7, 11) is 1.44. The number of anilines is 1. The van der Waals surface area contributed by atoms with Crippen molar-refractivity contribution in [2.75, 3.05) is 26.0 Å². The number of benzene rings is 1. The van der Waals surface area contributed by atoms with Crippen molar-refractivity contribution in [3.63, 3.8) is 0 Å². The SMILES string of the molecule is CCCNC(=O)COC(=O)c1cc(N)ccc1OC. The first kappa shape index (κ1) is 14.8. The summed E-state index contributed by atoms with van der Waals surface area (Å²) in [5.74, 6) is -0.623. The van der Waals surface area contributed by atoms with Crippen LogP contribution in [-0.4, -0.2) is 32.1 Å². The topological polar surface area (TPSA) is 90.7 Å². The lowest BCUT2D eigenvalue weighted by Crippen LogP contribution is -2.29. The van der Waals surface area contributed by atoms with Gasteiger partial charge in [-0.05, 0) is 24.6 Å². The van der Waals surface area contributed by atoms with Crippen LogP contribution in [-0.2, 0) is 9.53 Å². The van der Waals surface area contributed by atoms with Crippen molar-refractivity contribution in [3.8, 4) is 5.75 Å². The van der Waals surface area contributed by atoms with E-state index < -0.39 is 5.97 Å². The number of hydrogen-bond acceptors (Lipinski definition) is 5.